The van der Waals surface area contributed by atoms with Crippen LogP contribution in [0.25, 0.3) is 0 Å². The lowest BCUT2D eigenvalue weighted by atomic mass is 10.3. The molecule has 1 aromatic rings. The molecule has 0 saturated heterocycles. The average Bonchev–Trinajstić information content (AvgIpc) is 2.92. The van der Waals surface area contributed by atoms with Gasteiger partial charge in [-0.2, -0.15) is 5.10 Å². The van der Waals surface area contributed by atoms with Gasteiger partial charge in [-0.25, -0.2) is 13.1 Å². The van der Waals surface area contributed by atoms with Gasteiger partial charge in [0, 0.05) is 18.8 Å². The second-order valence-corrected chi connectivity index (χ2v) is 6.64. The number of sulfonamides is 1. The van der Waals surface area contributed by atoms with E-state index in [1.807, 2.05) is 6.92 Å². The Labute approximate surface area is 114 Å². The summed E-state index contributed by atoms with van der Waals surface area (Å²) in [6, 6.07) is 0.111. The van der Waals surface area contributed by atoms with Crippen molar-refractivity contribution >= 4 is 10.0 Å². The van der Waals surface area contributed by atoms with Gasteiger partial charge in [0.15, 0.2) is 0 Å². The Kier molecular flexibility index (Phi) is 4.59. The summed E-state index contributed by atoms with van der Waals surface area (Å²) < 4.78 is 28.6. The van der Waals surface area contributed by atoms with Crippen molar-refractivity contribution in [2.45, 2.75) is 44.2 Å². The maximum absolute atomic E-state index is 12.1. The number of nitrogens with one attached hydrogen (secondary N) is 2. The summed E-state index contributed by atoms with van der Waals surface area (Å²) in [4.78, 5) is 0.255. The molecule has 0 bridgehead atoms. The topological polar surface area (TPSA) is 76.0 Å². The number of hydrogen-bond donors (Lipinski definition) is 2. The van der Waals surface area contributed by atoms with E-state index in [-0.39, 0.29) is 10.9 Å². The number of likely N-dealkylation sites (N-methyl/N-ethyl adjacent to an activating group) is 1. The van der Waals surface area contributed by atoms with E-state index in [0.717, 1.165) is 25.9 Å². The van der Waals surface area contributed by atoms with Crippen molar-refractivity contribution in [1.82, 2.24) is 19.8 Å². The van der Waals surface area contributed by atoms with Crippen LogP contribution in [0, 0.1) is 5.92 Å². The Morgan fingerprint density at radius 2 is 2.26 bits per heavy atom. The van der Waals surface area contributed by atoms with Gasteiger partial charge in [-0.3, -0.25) is 4.68 Å². The molecule has 0 radical (unpaired) electrons. The van der Waals surface area contributed by atoms with E-state index >= 15 is 0 Å². The van der Waals surface area contributed by atoms with Crippen LogP contribution in [0.3, 0.4) is 0 Å². The van der Waals surface area contributed by atoms with Crippen LogP contribution < -0.4 is 10.0 Å². The summed E-state index contributed by atoms with van der Waals surface area (Å²) in [5.74, 6) is 0.499. The minimum absolute atomic E-state index is 0.111. The summed E-state index contributed by atoms with van der Waals surface area (Å²) in [5, 5.41) is 7.25. The molecule has 1 heterocycles. The molecular formula is C12H22N4O2S. The fraction of sp³-hybridized carbons (Fsp3) is 0.750. The predicted octanol–water partition coefficient (Wildman–Crippen LogP) is 0.569. The smallest absolute Gasteiger partial charge is 0.243 e. The first-order chi connectivity index (χ1) is 9.06. The van der Waals surface area contributed by atoms with Gasteiger partial charge in [0.1, 0.15) is 4.90 Å². The van der Waals surface area contributed by atoms with Crippen molar-refractivity contribution < 1.29 is 8.42 Å². The molecule has 2 rings (SSSR count). The van der Waals surface area contributed by atoms with Crippen LogP contribution in [-0.2, 0) is 16.6 Å². The van der Waals surface area contributed by atoms with E-state index in [1.165, 1.54) is 6.20 Å². The molecule has 2 N–H and O–H groups in total. The molecule has 1 aliphatic rings. The quantitative estimate of drug-likeness (QED) is 0.685. The van der Waals surface area contributed by atoms with E-state index in [2.05, 4.69) is 22.1 Å². The summed E-state index contributed by atoms with van der Waals surface area (Å²) in [5.41, 5.74) is 0. The molecule has 0 aliphatic heterocycles. The van der Waals surface area contributed by atoms with Gasteiger partial charge in [-0.05, 0) is 18.9 Å². The number of aromatic nitrogens is 2. The molecule has 1 fully saturated rings. The van der Waals surface area contributed by atoms with Crippen molar-refractivity contribution in [3.05, 3.63) is 12.4 Å². The molecule has 2 atom stereocenters. The Balaban J connectivity index is 1.93. The molecule has 1 aromatic heterocycles. The zero-order valence-corrected chi connectivity index (χ0v) is 12.3. The third kappa shape index (κ3) is 3.77. The monoisotopic (exact) mass is 286 g/mol. The van der Waals surface area contributed by atoms with Crippen LogP contribution in [0.5, 0.6) is 0 Å². The highest BCUT2D eigenvalue weighted by molar-refractivity contribution is 7.89. The first-order valence-corrected chi connectivity index (χ1v) is 8.30. The standard InChI is InChI=1S/C12H22N4O2S/c1-3-10-7-12(10)15-19(17,18)11-8-14-16(9-11)6-5-13-4-2/h8-10,12-13,15H,3-7H2,1-2H3. The molecule has 108 valence electrons. The number of rotatable bonds is 8. The lowest BCUT2D eigenvalue weighted by molar-refractivity contribution is 0.562. The second-order valence-electron chi connectivity index (χ2n) is 4.92. The van der Waals surface area contributed by atoms with E-state index in [9.17, 15) is 8.42 Å². The molecule has 1 aliphatic carbocycles. The zero-order chi connectivity index (χ0) is 13.9. The molecule has 6 nitrogen and oxygen atoms in total. The number of nitrogens with zero attached hydrogens (tertiary/aromatic N) is 2. The van der Waals surface area contributed by atoms with Gasteiger partial charge in [0.05, 0.1) is 12.7 Å². The molecule has 0 aromatic carbocycles. The van der Waals surface area contributed by atoms with Crippen molar-refractivity contribution in [1.29, 1.82) is 0 Å². The average molecular weight is 286 g/mol. The summed E-state index contributed by atoms with van der Waals surface area (Å²) >= 11 is 0. The third-order valence-electron chi connectivity index (χ3n) is 3.44. The normalized spacial score (nSPS) is 22.6. The van der Waals surface area contributed by atoms with E-state index in [1.54, 1.807) is 10.9 Å². The summed E-state index contributed by atoms with van der Waals surface area (Å²) in [6.07, 6.45) is 4.97. The minimum atomic E-state index is -3.40. The molecule has 2 unspecified atom stereocenters. The van der Waals surface area contributed by atoms with Crippen LogP contribution in [0.2, 0.25) is 0 Å². The van der Waals surface area contributed by atoms with Gasteiger partial charge >= 0.3 is 0 Å². The minimum Gasteiger partial charge on any atom is -0.315 e. The lowest BCUT2D eigenvalue weighted by Crippen LogP contribution is -2.26. The van der Waals surface area contributed by atoms with Gasteiger partial charge < -0.3 is 5.32 Å². The van der Waals surface area contributed by atoms with E-state index in [4.69, 9.17) is 0 Å². The van der Waals surface area contributed by atoms with Crippen LogP contribution >= 0.6 is 0 Å². The molecule has 7 heteroatoms. The van der Waals surface area contributed by atoms with Gasteiger partial charge in [-0.15, -0.1) is 0 Å². The number of hydrogen-bond acceptors (Lipinski definition) is 4. The molecule has 0 amide bonds. The lowest BCUT2D eigenvalue weighted by Gasteiger charge is -2.03. The SMILES string of the molecule is CCNCCn1cc(S(=O)(=O)NC2CC2CC)cn1. The highest BCUT2D eigenvalue weighted by Gasteiger charge is 2.38. The van der Waals surface area contributed by atoms with Gasteiger partial charge in [0.2, 0.25) is 10.0 Å². The van der Waals surface area contributed by atoms with Crippen molar-refractivity contribution in [2.75, 3.05) is 13.1 Å². The highest BCUT2D eigenvalue weighted by Crippen LogP contribution is 2.34. The first kappa shape index (κ1) is 14.5. The molecular weight excluding hydrogens is 264 g/mol. The Morgan fingerprint density at radius 3 is 2.89 bits per heavy atom. The largest absolute Gasteiger partial charge is 0.315 e. The van der Waals surface area contributed by atoms with E-state index in [0.29, 0.717) is 12.5 Å². The zero-order valence-electron chi connectivity index (χ0n) is 11.5. The third-order valence-corrected chi connectivity index (χ3v) is 4.89. The molecule has 1 saturated carbocycles. The fourth-order valence-corrected chi connectivity index (χ4v) is 3.36. The van der Waals surface area contributed by atoms with E-state index < -0.39 is 10.0 Å². The Hall–Kier alpha value is -0.920. The first-order valence-electron chi connectivity index (χ1n) is 6.82. The Morgan fingerprint density at radius 1 is 1.47 bits per heavy atom. The molecule has 19 heavy (non-hydrogen) atoms. The summed E-state index contributed by atoms with van der Waals surface area (Å²) in [6.45, 7) is 6.46. The highest BCUT2D eigenvalue weighted by atomic mass is 32.2. The van der Waals surface area contributed by atoms with Gasteiger partial charge in [-0.1, -0.05) is 20.3 Å². The summed E-state index contributed by atoms with van der Waals surface area (Å²) in [7, 11) is -3.40. The predicted molar refractivity (Wildman–Crippen MR) is 73.3 cm³/mol. The van der Waals surface area contributed by atoms with Crippen molar-refractivity contribution in [3.63, 3.8) is 0 Å². The molecule has 0 spiro atoms. The maximum Gasteiger partial charge on any atom is 0.243 e. The van der Waals surface area contributed by atoms with Crippen molar-refractivity contribution in [2.24, 2.45) is 5.92 Å². The maximum atomic E-state index is 12.1. The Bertz CT molecular complexity index is 512. The van der Waals surface area contributed by atoms with Crippen molar-refractivity contribution in [3.8, 4) is 0 Å². The fourth-order valence-electron chi connectivity index (χ4n) is 2.09. The van der Waals surface area contributed by atoms with Gasteiger partial charge in [0.25, 0.3) is 0 Å². The van der Waals surface area contributed by atoms with Crippen LogP contribution in [0.1, 0.15) is 26.7 Å². The van der Waals surface area contributed by atoms with Crippen LogP contribution in [0.4, 0.5) is 0 Å². The second kappa shape index (κ2) is 6.02. The van der Waals surface area contributed by atoms with Crippen LogP contribution in [-0.4, -0.2) is 37.3 Å². The van der Waals surface area contributed by atoms with Crippen LogP contribution in [0.15, 0.2) is 17.3 Å².